The molecule has 0 spiro atoms. The molecule has 0 saturated heterocycles. The van der Waals surface area contributed by atoms with Crippen LogP contribution in [-0.4, -0.2) is 31.1 Å². The molecule has 0 saturated carbocycles. The van der Waals surface area contributed by atoms with Gasteiger partial charge >= 0.3 is 6.18 Å². The number of halogens is 4. The first kappa shape index (κ1) is 21.7. The van der Waals surface area contributed by atoms with Gasteiger partial charge in [-0.05, 0) is 6.07 Å². The van der Waals surface area contributed by atoms with Crippen molar-refractivity contribution in [1.82, 2.24) is 15.6 Å². The third-order valence-electron chi connectivity index (χ3n) is 3.97. The van der Waals surface area contributed by atoms with Crippen LogP contribution in [0.2, 0.25) is 0 Å². The number of guanidine groups is 1. The Labute approximate surface area is 176 Å². The van der Waals surface area contributed by atoms with Gasteiger partial charge < -0.3 is 15.4 Å². The molecule has 3 rings (SSSR count). The summed E-state index contributed by atoms with van der Waals surface area (Å²) in [5.74, 6) is 1.45. The van der Waals surface area contributed by atoms with Gasteiger partial charge in [-0.2, -0.15) is 13.2 Å². The summed E-state index contributed by atoms with van der Waals surface area (Å²) in [5.41, 5.74) is 0.232. The molecule has 1 unspecified atom stereocenters. The number of benzene rings is 1. The zero-order chi connectivity index (χ0) is 18.6. The van der Waals surface area contributed by atoms with E-state index in [1.807, 2.05) is 24.3 Å². The third-order valence-corrected chi connectivity index (χ3v) is 4.88. The van der Waals surface area contributed by atoms with Crippen molar-refractivity contribution in [2.45, 2.75) is 25.1 Å². The Morgan fingerprint density at radius 2 is 2.15 bits per heavy atom. The highest BCUT2D eigenvalue weighted by atomic mass is 127. The van der Waals surface area contributed by atoms with Gasteiger partial charge in [0.1, 0.15) is 5.75 Å². The second kappa shape index (κ2) is 9.58. The summed E-state index contributed by atoms with van der Waals surface area (Å²) in [4.78, 5) is 7.81. The summed E-state index contributed by atoms with van der Waals surface area (Å²) >= 11 is 1.01. The minimum Gasteiger partial charge on any atom is -0.493 e. The molecular weight excluding hydrogens is 492 g/mol. The normalized spacial score (nSPS) is 16.7. The number of fused-ring (bicyclic) bond motifs is 1. The van der Waals surface area contributed by atoms with Crippen LogP contribution in [0.1, 0.15) is 28.7 Å². The van der Waals surface area contributed by atoms with Crippen LogP contribution in [0.3, 0.4) is 0 Å². The van der Waals surface area contributed by atoms with E-state index < -0.39 is 11.9 Å². The van der Waals surface area contributed by atoms with Gasteiger partial charge in [-0.3, -0.25) is 4.99 Å². The van der Waals surface area contributed by atoms with E-state index in [2.05, 4.69) is 20.6 Å². The van der Waals surface area contributed by atoms with Gasteiger partial charge in [0.05, 0.1) is 17.7 Å². The van der Waals surface area contributed by atoms with E-state index in [0.29, 0.717) is 30.5 Å². The topological polar surface area (TPSA) is 58.5 Å². The van der Waals surface area contributed by atoms with Crippen LogP contribution in [-0.2, 0) is 12.6 Å². The Balaban J connectivity index is 0.00000261. The Kier molecular flexibility index (Phi) is 7.71. The zero-order valence-electron chi connectivity index (χ0n) is 14.5. The number of ether oxygens (including phenoxy) is 1. The van der Waals surface area contributed by atoms with Crippen molar-refractivity contribution in [2.75, 3.05) is 20.2 Å². The molecule has 1 aliphatic heterocycles. The molecule has 0 bridgehead atoms. The molecular formula is C17H20F3IN4OS. The van der Waals surface area contributed by atoms with Gasteiger partial charge in [0, 0.05) is 37.4 Å². The quantitative estimate of drug-likeness (QED) is 0.370. The lowest BCUT2D eigenvalue weighted by Crippen LogP contribution is -2.41. The zero-order valence-corrected chi connectivity index (χ0v) is 17.7. The van der Waals surface area contributed by atoms with E-state index in [-0.39, 0.29) is 30.0 Å². The smallest absolute Gasteiger partial charge is 0.434 e. The Morgan fingerprint density at radius 1 is 1.37 bits per heavy atom. The number of aromatic nitrogens is 1. The standard InChI is InChI=1S/C17H19F3N4OS.HI/c1-21-16(22-8-6-15-24-14(10-26-15)17(18,19)20)23-12-7-9-25-13-5-3-2-4-11(12)13;/h2-5,10,12H,6-9H2,1H3,(H2,21,22,23);1H. The SMILES string of the molecule is CN=C(NCCc1nc(C(F)(F)F)cs1)NC1CCOc2ccccc21.I. The van der Waals surface area contributed by atoms with Gasteiger partial charge in [0.2, 0.25) is 0 Å². The minimum absolute atomic E-state index is 0. The lowest BCUT2D eigenvalue weighted by atomic mass is 10.0. The van der Waals surface area contributed by atoms with Gasteiger partial charge in [-0.25, -0.2) is 4.98 Å². The maximum absolute atomic E-state index is 12.6. The average Bonchev–Trinajstić information content (AvgIpc) is 3.10. The Morgan fingerprint density at radius 3 is 2.85 bits per heavy atom. The number of rotatable bonds is 4. The number of aliphatic imine (C=N–C) groups is 1. The molecule has 0 fully saturated rings. The number of nitrogens with one attached hydrogen (secondary N) is 2. The summed E-state index contributed by atoms with van der Waals surface area (Å²) in [6.45, 7) is 1.06. The first-order chi connectivity index (χ1) is 12.5. The highest BCUT2D eigenvalue weighted by Gasteiger charge is 2.33. The van der Waals surface area contributed by atoms with Crippen molar-refractivity contribution in [3.05, 3.63) is 45.9 Å². The monoisotopic (exact) mass is 512 g/mol. The van der Waals surface area contributed by atoms with E-state index in [9.17, 15) is 13.2 Å². The van der Waals surface area contributed by atoms with Crippen molar-refractivity contribution < 1.29 is 17.9 Å². The number of nitrogens with zero attached hydrogens (tertiary/aromatic N) is 2. The van der Waals surface area contributed by atoms with E-state index in [0.717, 1.165) is 34.5 Å². The second-order valence-electron chi connectivity index (χ2n) is 5.75. The first-order valence-electron chi connectivity index (χ1n) is 8.18. The van der Waals surface area contributed by atoms with Crippen LogP contribution >= 0.6 is 35.3 Å². The molecule has 1 aromatic heterocycles. The third kappa shape index (κ3) is 5.71. The molecule has 27 heavy (non-hydrogen) atoms. The summed E-state index contributed by atoms with van der Waals surface area (Å²) in [6.07, 6.45) is -3.19. The fourth-order valence-corrected chi connectivity index (χ4v) is 3.50. The van der Waals surface area contributed by atoms with Crippen molar-refractivity contribution in [3.8, 4) is 5.75 Å². The van der Waals surface area contributed by atoms with Crippen LogP contribution in [0.4, 0.5) is 13.2 Å². The molecule has 0 amide bonds. The predicted molar refractivity (Wildman–Crippen MR) is 110 cm³/mol. The first-order valence-corrected chi connectivity index (χ1v) is 9.06. The molecule has 10 heteroatoms. The van der Waals surface area contributed by atoms with Crippen LogP contribution in [0, 0.1) is 0 Å². The van der Waals surface area contributed by atoms with Crippen molar-refractivity contribution >= 4 is 41.3 Å². The summed E-state index contributed by atoms with van der Waals surface area (Å²) < 4.78 is 43.4. The van der Waals surface area contributed by atoms with Crippen LogP contribution < -0.4 is 15.4 Å². The van der Waals surface area contributed by atoms with Gasteiger partial charge in [-0.15, -0.1) is 35.3 Å². The molecule has 5 nitrogen and oxygen atoms in total. The van der Waals surface area contributed by atoms with Crippen molar-refractivity contribution in [2.24, 2.45) is 4.99 Å². The number of para-hydroxylation sites is 1. The average molecular weight is 512 g/mol. The lowest BCUT2D eigenvalue weighted by Gasteiger charge is -2.28. The van der Waals surface area contributed by atoms with Crippen LogP contribution in [0.15, 0.2) is 34.6 Å². The number of alkyl halides is 3. The molecule has 1 atom stereocenters. The molecule has 0 radical (unpaired) electrons. The van der Waals surface area contributed by atoms with Gasteiger partial charge in [0.15, 0.2) is 11.7 Å². The fraction of sp³-hybridized carbons (Fsp3) is 0.412. The van der Waals surface area contributed by atoms with Crippen LogP contribution in [0.5, 0.6) is 5.75 Å². The van der Waals surface area contributed by atoms with Crippen molar-refractivity contribution in [3.63, 3.8) is 0 Å². The lowest BCUT2D eigenvalue weighted by molar-refractivity contribution is -0.140. The molecule has 2 N–H and O–H groups in total. The summed E-state index contributed by atoms with van der Waals surface area (Å²) in [5, 5.41) is 7.95. The minimum atomic E-state index is -4.39. The largest absolute Gasteiger partial charge is 0.493 e. The second-order valence-corrected chi connectivity index (χ2v) is 6.69. The van der Waals surface area contributed by atoms with E-state index in [1.165, 1.54) is 0 Å². The fourth-order valence-electron chi connectivity index (χ4n) is 2.70. The van der Waals surface area contributed by atoms with Crippen LogP contribution in [0.25, 0.3) is 0 Å². The number of thiazole rings is 1. The van der Waals surface area contributed by atoms with Gasteiger partial charge in [-0.1, -0.05) is 18.2 Å². The molecule has 2 aromatic rings. The predicted octanol–water partition coefficient (Wildman–Crippen LogP) is 4.01. The molecule has 1 aromatic carbocycles. The van der Waals surface area contributed by atoms with Gasteiger partial charge in [0.25, 0.3) is 0 Å². The van der Waals surface area contributed by atoms with Crippen molar-refractivity contribution in [1.29, 1.82) is 0 Å². The molecule has 1 aliphatic rings. The maximum atomic E-state index is 12.6. The summed E-state index contributed by atoms with van der Waals surface area (Å²) in [7, 11) is 1.66. The Hall–Kier alpha value is -1.56. The highest BCUT2D eigenvalue weighted by Crippen LogP contribution is 2.31. The van der Waals surface area contributed by atoms with E-state index in [4.69, 9.17) is 4.74 Å². The number of hydrogen-bond donors (Lipinski definition) is 2. The summed E-state index contributed by atoms with van der Waals surface area (Å²) in [6, 6.07) is 7.90. The molecule has 148 valence electrons. The molecule has 0 aliphatic carbocycles. The van der Waals surface area contributed by atoms with E-state index >= 15 is 0 Å². The Bertz CT molecular complexity index is 782. The maximum Gasteiger partial charge on any atom is 0.434 e. The highest BCUT2D eigenvalue weighted by molar-refractivity contribution is 14.0. The van der Waals surface area contributed by atoms with E-state index in [1.54, 1.807) is 7.05 Å². The number of hydrogen-bond acceptors (Lipinski definition) is 4. The molecule has 2 heterocycles.